The van der Waals surface area contributed by atoms with Crippen molar-refractivity contribution >= 4 is 11.6 Å². The normalized spacial score (nSPS) is 18.1. The van der Waals surface area contributed by atoms with Gasteiger partial charge in [0.15, 0.2) is 5.62 Å². The summed E-state index contributed by atoms with van der Waals surface area (Å²) in [6.45, 7) is 13.5. The zero-order valence-electron chi connectivity index (χ0n) is 18.9. The van der Waals surface area contributed by atoms with Crippen molar-refractivity contribution in [3.8, 4) is 0 Å². The second kappa shape index (κ2) is 10.2. The monoisotopic (exact) mass is 452 g/mol. The Bertz CT molecular complexity index is 979. The lowest BCUT2D eigenvalue weighted by atomic mass is 10.1. The first-order valence-corrected chi connectivity index (χ1v) is 11.9. The van der Waals surface area contributed by atoms with Crippen LogP contribution in [0.25, 0.3) is 0 Å². The zero-order valence-corrected chi connectivity index (χ0v) is 19.6. The minimum atomic E-state index is -0.325. The summed E-state index contributed by atoms with van der Waals surface area (Å²) in [5, 5.41) is 11.2. The number of aryl methyl sites for hydroxylation is 1. The van der Waals surface area contributed by atoms with Crippen LogP contribution in [0.5, 0.6) is 0 Å². The molecular weight excluding hydrogens is 420 g/mol. The Morgan fingerprint density at radius 1 is 1.00 bits per heavy atom. The highest BCUT2D eigenvalue weighted by atomic mass is 35.5. The first-order chi connectivity index (χ1) is 15.6. The molecule has 7 heteroatoms. The average molecular weight is 453 g/mol. The van der Waals surface area contributed by atoms with Crippen LogP contribution < -0.4 is 10.6 Å². The largest absolute Gasteiger partial charge is 0.348 e. The molecule has 32 heavy (non-hydrogen) atoms. The van der Waals surface area contributed by atoms with Gasteiger partial charge < -0.3 is 20.4 Å². The van der Waals surface area contributed by atoms with E-state index in [0.29, 0.717) is 0 Å². The Hall–Kier alpha value is -2.86. The summed E-state index contributed by atoms with van der Waals surface area (Å²) in [5.41, 5.74) is 4.08. The van der Waals surface area contributed by atoms with Gasteiger partial charge in [-0.3, -0.25) is 4.68 Å². The maximum Gasteiger partial charge on any atom is 0.176 e. The summed E-state index contributed by atoms with van der Waals surface area (Å²) in [6.07, 6.45) is 9.55. The number of hydrogen-bond acceptors (Lipinski definition) is 5. The van der Waals surface area contributed by atoms with E-state index in [1.54, 1.807) is 0 Å². The zero-order chi connectivity index (χ0) is 22.5. The third-order valence-electron chi connectivity index (χ3n) is 5.99. The molecule has 0 radical (unpaired) electrons. The SMILES string of the molecule is C=C1C2=C(NC(Cl)N2)N(CCCCC)C(=C)N1CCCc1cnn(Cc2ccccc2)c1. The number of alkyl halides is 1. The molecule has 3 heterocycles. The predicted molar refractivity (Wildman–Crippen MR) is 130 cm³/mol. The molecule has 2 aliphatic rings. The first kappa shape index (κ1) is 22.3. The standard InChI is InChI=1S/C25H33ClN6/c1-4-5-9-14-32-20(3)31(19(2)23-24(32)29-25(26)28-23)15-10-13-22-16-27-30(18-22)17-21-11-7-6-8-12-21/h6-8,11-12,16,18,25,28-29H,2-5,9-10,13-15,17H2,1H3. The smallest absolute Gasteiger partial charge is 0.176 e. The molecule has 4 rings (SSSR count). The van der Waals surface area contributed by atoms with E-state index in [-0.39, 0.29) is 5.62 Å². The average Bonchev–Trinajstić information content (AvgIpc) is 3.40. The third-order valence-corrected chi connectivity index (χ3v) is 6.20. The maximum absolute atomic E-state index is 6.33. The molecule has 0 amide bonds. The van der Waals surface area contributed by atoms with Crippen molar-refractivity contribution in [1.82, 2.24) is 30.2 Å². The van der Waals surface area contributed by atoms with E-state index in [9.17, 15) is 0 Å². The van der Waals surface area contributed by atoms with Crippen LogP contribution in [-0.4, -0.2) is 38.3 Å². The number of rotatable bonds is 10. The highest BCUT2D eigenvalue weighted by Crippen LogP contribution is 2.34. The third kappa shape index (κ3) is 4.96. The van der Waals surface area contributed by atoms with Crippen LogP contribution in [0.3, 0.4) is 0 Å². The molecular formula is C25H33ClN6. The van der Waals surface area contributed by atoms with Gasteiger partial charge in [0.1, 0.15) is 17.3 Å². The molecule has 0 saturated carbocycles. The lowest BCUT2D eigenvalue weighted by Crippen LogP contribution is -2.42. The highest BCUT2D eigenvalue weighted by molar-refractivity contribution is 6.20. The van der Waals surface area contributed by atoms with E-state index in [1.807, 2.05) is 16.9 Å². The number of benzene rings is 1. The highest BCUT2D eigenvalue weighted by Gasteiger charge is 2.36. The molecule has 1 aromatic heterocycles. The van der Waals surface area contributed by atoms with Crippen molar-refractivity contribution in [2.75, 3.05) is 13.1 Å². The van der Waals surface area contributed by atoms with Gasteiger partial charge in [0.05, 0.1) is 18.4 Å². The second-order valence-corrected chi connectivity index (χ2v) is 8.82. The van der Waals surface area contributed by atoms with Gasteiger partial charge in [-0.2, -0.15) is 5.10 Å². The van der Waals surface area contributed by atoms with Crippen LogP contribution in [0.4, 0.5) is 0 Å². The number of unbranched alkanes of at least 4 members (excludes halogenated alkanes) is 2. The van der Waals surface area contributed by atoms with E-state index >= 15 is 0 Å². The fraction of sp³-hybridized carbons (Fsp3) is 0.400. The maximum atomic E-state index is 6.33. The molecule has 2 N–H and O–H groups in total. The van der Waals surface area contributed by atoms with Gasteiger partial charge in [0.25, 0.3) is 0 Å². The van der Waals surface area contributed by atoms with Crippen LogP contribution in [0.1, 0.15) is 43.7 Å². The number of aromatic nitrogens is 2. The summed E-state index contributed by atoms with van der Waals surface area (Å²) in [4.78, 5) is 4.45. The summed E-state index contributed by atoms with van der Waals surface area (Å²) >= 11 is 6.33. The number of hydrogen-bond donors (Lipinski definition) is 2. The van der Waals surface area contributed by atoms with E-state index in [2.05, 4.69) is 76.1 Å². The molecule has 1 unspecified atom stereocenters. The summed E-state index contributed by atoms with van der Waals surface area (Å²) in [7, 11) is 0. The van der Waals surface area contributed by atoms with Gasteiger partial charge in [0, 0.05) is 19.3 Å². The van der Waals surface area contributed by atoms with Crippen LogP contribution in [-0.2, 0) is 13.0 Å². The summed E-state index contributed by atoms with van der Waals surface area (Å²) < 4.78 is 2.00. The van der Waals surface area contributed by atoms with E-state index in [0.717, 1.165) is 61.9 Å². The van der Waals surface area contributed by atoms with Crippen LogP contribution in [0.15, 0.2) is 78.9 Å². The Morgan fingerprint density at radius 3 is 2.56 bits per heavy atom. The van der Waals surface area contributed by atoms with Crippen molar-refractivity contribution in [3.05, 3.63) is 90.0 Å². The fourth-order valence-electron chi connectivity index (χ4n) is 4.28. The molecule has 2 aromatic rings. The second-order valence-electron chi connectivity index (χ2n) is 8.38. The topological polar surface area (TPSA) is 48.4 Å². The van der Waals surface area contributed by atoms with Gasteiger partial charge in [-0.15, -0.1) is 0 Å². The molecule has 1 atom stereocenters. The molecule has 0 fully saturated rings. The Balaban J connectivity index is 1.36. The van der Waals surface area contributed by atoms with Crippen LogP contribution in [0.2, 0.25) is 0 Å². The summed E-state index contributed by atoms with van der Waals surface area (Å²) in [5.74, 6) is 1.96. The molecule has 0 bridgehead atoms. The predicted octanol–water partition coefficient (Wildman–Crippen LogP) is 4.54. The first-order valence-electron chi connectivity index (χ1n) is 11.5. The molecule has 1 aromatic carbocycles. The van der Waals surface area contributed by atoms with Crippen LogP contribution >= 0.6 is 11.6 Å². The van der Waals surface area contributed by atoms with Gasteiger partial charge in [0.2, 0.25) is 0 Å². The molecule has 0 saturated heterocycles. The van der Waals surface area contributed by atoms with Gasteiger partial charge in [-0.25, -0.2) is 0 Å². The molecule has 2 aliphatic heterocycles. The Labute approximate surface area is 196 Å². The fourth-order valence-corrected chi connectivity index (χ4v) is 4.49. The van der Waals surface area contributed by atoms with Gasteiger partial charge in [-0.05, 0) is 30.4 Å². The number of nitrogens with zero attached hydrogens (tertiary/aromatic N) is 4. The minimum absolute atomic E-state index is 0.325. The van der Waals surface area contributed by atoms with Crippen molar-refractivity contribution in [2.24, 2.45) is 0 Å². The van der Waals surface area contributed by atoms with Crippen LogP contribution in [0, 0.1) is 0 Å². The Morgan fingerprint density at radius 2 is 1.78 bits per heavy atom. The quantitative estimate of drug-likeness (QED) is 0.315. The molecule has 170 valence electrons. The molecule has 0 spiro atoms. The van der Waals surface area contributed by atoms with Crippen molar-refractivity contribution in [2.45, 2.75) is 51.2 Å². The summed E-state index contributed by atoms with van der Waals surface area (Å²) in [6, 6.07) is 10.4. The van der Waals surface area contributed by atoms with E-state index in [4.69, 9.17) is 11.6 Å². The van der Waals surface area contributed by atoms with Gasteiger partial charge >= 0.3 is 0 Å². The van der Waals surface area contributed by atoms with Crippen molar-refractivity contribution < 1.29 is 0 Å². The van der Waals surface area contributed by atoms with Crippen molar-refractivity contribution in [1.29, 1.82) is 0 Å². The van der Waals surface area contributed by atoms with Crippen molar-refractivity contribution in [3.63, 3.8) is 0 Å². The van der Waals surface area contributed by atoms with E-state index < -0.39 is 0 Å². The molecule has 0 aliphatic carbocycles. The van der Waals surface area contributed by atoms with Gasteiger partial charge in [-0.1, -0.05) is 74.9 Å². The Kier molecular flexibility index (Phi) is 7.10. The number of nitrogens with one attached hydrogen (secondary N) is 2. The minimum Gasteiger partial charge on any atom is -0.348 e. The molecule has 6 nitrogen and oxygen atoms in total. The number of halogens is 1. The van der Waals surface area contributed by atoms with E-state index in [1.165, 1.54) is 24.0 Å². The lowest BCUT2D eigenvalue weighted by molar-refractivity contribution is 0.251. The lowest BCUT2D eigenvalue weighted by Gasteiger charge is -2.41.